The van der Waals surface area contributed by atoms with Crippen LogP contribution in [0.15, 0.2) is 36.5 Å². The maximum Gasteiger partial charge on any atom is 0.280 e. The lowest BCUT2D eigenvalue weighted by Gasteiger charge is -1.99. The number of hydrogen-bond donors (Lipinski definition) is 1. The van der Waals surface area contributed by atoms with Crippen molar-refractivity contribution in [2.24, 2.45) is 7.05 Å². The molecule has 0 unspecified atom stereocenters. The van der Waals surface area contributed by atoms with Crippen LogP contribution in [0.4, 0.5) is 5.82 Å². The molecule has 0 fully saturated rings. The Hall–Kier alpha value is -0.840. The predicted molar refractivity (Wildman–Crippen MR) is 49.5 cm³/mol. The van der Waals surface area contributed by atoms with Crippen LogP contribution < -0.4 is 34.3 Å². The van der Waals surface area contributed by atoms with Gasteiger partial charge in [0.25, 0.3) is 5.82 Å². The topological polar surface area (TPSA) is 29.9 Å². The third kappa shape index (κ3) is 1.75. The van der Waals surface area contributed by atoms with Gasteiger partial charge in [0.1, 0.15) is 0 Å². The van der Waals surface area contributed by atoms with Crippen LogP contribution in [0.1, 0.15) is 0 Å². The Kier molecular flexibility index (Phi) is 3.08. The van der Waals surface area contributed by atoms with Gasteiger partial charge in [0, 0.05) is 0 Å². The van der Waals surface area contributed by atoms with E-state index in [2.05, 4.69) is 12.1 Å². The number of nitrogens with zero attached hydrogens (tertiary/aromatic N) is 1. The summed E-state index contributed by atoms with van der Waals surface area (Å²) < 4.78 is 1.92. The third-order valence-electron chi connectivity index (χ3n) is 2.09. The van der Waals surface area contributed by atoms with Crippen molar-refractivity contribution in [2.45, 2.75) is 0 Å². The molecule has 0 saturated heterocycles. The van der Waals surface area contributed by atoms with Gasteiger partial charge in [0.15, 0.2) is 0 Å². The zero-order valence-electron chi connectivity index (χ0n) is 7.37. The van der Waals surface area contributed by atoms with E-state index in [9.17, 15) is 0 Å². The number of halogens is 1. The molecule has 0 aliphatic rings. The van der Waals surface area contributed by atoms with Crippen molar-refractivity contribution in [3.8, 4) is 0 Å². The average Bonchev–Trinajstić information content (AvgIpc) is 2.12. The second kappa shape index (κ2) is 3.91. The van der Waals surface area contributed by atoms with Crippen LogP contribution in [0.2, 0.25) is 0 Å². The first kappa shape index (κ1) is 10.2. The van der Waals surface area contributed by atoms with Gasteiger partial charge in [-0.25, -0.2) is 4.57 Å². The van der Waals surface area contributed by atoms with Crippen molar-refractivity contribution < 1.29 is 28.5 Å². The monoisotopic (exact) mass is 286 g/mol. The van der Waals surface area contributed by atoms with Gasteiger partial charge in [-0.1, -0.05) is 18.2 Å². The van der Waals surface area contributed by atoms with Crippen LogP contribution in [0.3, 0.4) is 0 Å². The molecule has 2 nitrogen and oxygen atoms in total. The molecule has 2 aromatic rings. The Morgan fingerprint density at radius 2 is 1.85 bits per heavy atom. The predicted octanol–water partition coefficient (Wildman–Crippen LogP) is -1.75. The molecule has 13 heavy (non-hydrogen) atoms. The first-order valence-corrected chi connectivity index (χ1v) is 3.92. The Balaban J connectivity index is 0.000000845. The number of pyridine rings is 1. The number of benzene rings is 1. The number of nitrogen functional groups attached to an aromatic ring is 1. The summed E-state index contributed by atoms with van der Waals surface area (Å²) in [6, 6.07) is 10.2. The number of anilines is 1. The summed E-state index contributed by atoms with van der Waals surface area (Å²) in [5.41, 5.74) is 5.88. The standard InChI is InChI=1S/C10H10N2.HI/c1-12-7-6-8-4-2-3-5-9(8)10(12)11;/h2-7,11H,1H3;1H. The second-order valence-corrected chi connectivity index (χ2v) is 2.90. The summed E-state index contributed by atoms with van der Waals surface area (Å²) in [6.45, 7) is 0. The summed E-state index contributed by atoms with van der Waals surface area (Å²) >= 11 is 0. The molecule has 2 rings (SSSR count). The minimum Gasteiger partial charge on any atom is -1.00 e. The third-order valence-corrected chi connectivity index (χ3v) is 2.09. The molecule has 2 N–H and O–H groups in total. The van der Waals surface area contributed by atoms with Crippen LogP contribution in [0.5, 0.6) is 0 Å². The molecule has 0 saturated carbocycles. The molecule has 0 amide bonds. The van der Waals surface area contributed by atoms with Crippen LogP contribution in [0.25, 0.3) is 10.8 Å². The fraction of sp³-hybridized carbons (Fsp3) is 0.100. The molecule has 1 heterocycles. The van der Waals surface area contributed by atoms with E-state index in [0.29, 0.717) is 0 Å². The summed E-state index contributed by atoms with van der Waals surface area (Å²) in [5, 5.41) is 2.30. The molecule has 0 spiro atoms. The summed E-state index contributed by atoms with van der Waals surface area (Å²) in [5.74, 6) is 0.813. The van der Waals surface area contributed by atoms with Gasteiger partial charge in [-0.2, -0.15) is 0 Å². The molecular weight excluding hydrogens is 275 g/mol. The van der Waals surface area contributed by atoms with E-state index in [1.807, 2.05) is 36.0 Å². The molecule has 68 valence electrons. The van der Waals surface area contributed by atoms with E-state index in [1.54, 1.807) is 0 Å². The van der Waals surface area contributed by atoms with Crippen LogP contribution in [-0.2, 0) is 7.05 Å². The van der Waals surface area contributed by atoms with Gasteiger partial charge >= 0.3 is 0 Å². The largest absolute Gasteiger partial charge is 1.00 e. The molecular formula is C10H11IN2. The highest BCUT2D eigenvalue weighted by Crippen LogP contribution is 2.15. The number of hydrogen-bond acceptors (Lipinski definition) is 1. The Labute approximate surface area is 94.4 Å². The highest BCUT2D eigenvalue weighted by molar-refractivity contribution is 5.89. The quantitative estimate of drug-likeness (QED) is 0.452. The Morgan fingerprint density at radius 3 is 2.62 bits per heavy atom. The lowest BCUT2D eigenvalue weighted by Crippen LogP contribution is -3.00. The normalized spacial score (nSPS) is 9.62. The van der Waals surface area contributed by atoms with Crippen LogP contribution in [-0.4, -0.2) is 0 Å². The second-order valence-electron chi connectivity index (χ2n) is 2.90. The van der Waals surface area contributed by atoms with Gasteiger partial charge in [-0.05, 0) is 17.5 Å². The maximum atomic E-state index is 5.88. The van der Waals surface area contributed by atoms with E-state index in [-0.39, 0.29) is 24.0 Å². The van der Waals surface area contributed by atoms with Crippen LogP contribution >= 0.6 is 0 Å². The molecule has 0 radical (unpaired) electrons. The lowest BCUT2D eigenvalue weighted by atomic mass is 10.1. The summed E-state index contributed by atoms with van der Waals surface area (Å²) in [6.07, 6.45) is 1.97. The average molecular weight is 286 g/mol. The highest BCUT2D eigenvalue weighted by Gasteiger charge is 2.03. The van der Waals surface area contributed by atoms with Crippen molar-refractivity contribution in [2.75, 3.05) is 5.73 Å². The van der Waals surface area contributed by atoms with E-state index in [1.165, 1.54) is 5.39 Å². The first-order chi connectivity index (χ1) is 5.79. The van der Waals surface area contributed by atoms with Crippen molar-refractivity contribution in [1.82, 2.24) is 0 Å². The smallest absolute Gasteiger partial charge is 0.280 e. The maximum absolute atomic E-state index is 5.88. The molecule has 0 aliphatic heterocycles. The Bertz CT molecular complexity index is 426. The van der Waals surface area contributed by atoms with E-state index in [0.717, 1.165) is 11.2 Å². The van der Waals surface area contributed by atoms with E-state index in [4.69, 9.17) is 5.73 Å². The Morgan fingerprint density at radius 1 is 1.15 bits per heavy atom. The molecule has 0 aliphatic carbocycles. The summed E-state index contributed by atoms with van der Waals surface area (Å²) in [4.78, 5) is 0. The van der Waals surface area contributed by atoms with Gasteiger partial charge in [0.2, 0.25) is 0 Å². The minimum atomic E-state index is 0. The molecule has 1 aromatic heterocycles. The van der Waals surface area contributed by atoms with Crippen molar-refractivity contribution in [1.29, 1.82) is 0 Å². The number of rotatable bonds is 0. The molecule has 1 aromatic carbocycles. The molecule has 0 bridgehead atoms. The summed E-state index contributed by atoms with van der Waals surface area (Å²) in [7, 11) is 1.95. The zero-order valence-corrected chi connectivity index (χ0v) is 9.52. The number of fused-ring (bicyclic) bond motifs is 1. The van der Waals surface area contributed by atoms with Crippen molar-refractivity contribution in [3.05, 3.63) is 36.5 Å². The number of aromatic nitrogens is 1. The molecule has 3 heteroatoms. The van der Waals surface area contributed by atoms with Gasteiger partial charge in [0.05, 0.1) is 18.6 Å². The van der Waals surface area contributed by atoms with Crippen molar-refractivity contribution >= 4 is 16.6 Å². The minimum absolute atomic E-state index is 0. The first-order valence-electron chi connectivity index (χ1n) is 3.92. The van der Waals surface area contributed by atoms with E-state index < -0.39 is 0 Å². The highest BCUT2D eigenvalue weighted by atomic mass is 127. The number of aryl methyl sites for hydroxylation is 1. The zero-order chi connectivity index (χ0) is 8.55. The fourth-order valence-electron chi connectivity index (χ4n) is 1.34. The van der Waals surface area contributed by atoms with Gasteiger partial charge in [-0.15, -0.1) is 0 Å². The number of nitrogens with two attached hydrogens (primary N) is 1. The van der Waals surface area contributed by atoms with E-state index >= 15 is 0 Å². The lowest BCUT2D eigenvalue weighted by molar-refractivity contribution is -0.655. The molecule has 0 atom stereocenters. The van der Waals surface area contributed by atoms with Crippen molar-refractivity contribution in [3.63, 3.8) is 0 Å². The van der Waals surface area contributed by atoms with Gasteiger partial charge < -0.3 is 24.0 Å². The SMILES string of the molecule is C[n+]1ccc2ccccc2c1N.[I-]. The van der Waals surface area contributed by atoms with Crippen LogP contribution in [0, 0.1) is 0 Å². The van der Waals surface area contributed by atoms with Gasteiger partial charge in [-0.3, -0.25) is 5.73 Å². The fourth-order valence-corrected chi connectivity index (χ4v) is 1.34.